The average molecular weight is 309 g/mol. The standard InChI is InChI=1S/C12H17ClN2O3.ClH/c1-3-7(2)12(16)11(14)8-4-5-9(13)10(6-8)15(17)18;/h4-7,11-12,16H,3,14H2,1-2H3;1H/t7?,11-,12+;/m1./s1. The van der Waals surface area contributed by atoms with Crippen molar-refractivity contribution in [1.29, 1.82) is 0 Å². The van der Waals surface area contributed by atoms with Crippen LogP contribution in [0.25, 0.3) is 0 Å². The van der Waals surface area contributed by atoms with Gasteiger partial charge in [-0.3, -0.25) is 10.1 Å². The van der Waals surface area contributed by atoms with Gasteiger partial charge in [-0.25, -0.2) is 0 Å². The number of nitrogens with two attached hydrogens (primary N) is 1. The van der Waals surface area contributed by atoms with Crippen molar-refractivity contribution in [3.8, 4) is 0 Å². The number of nitro groups is 1. The molecule has 0 aliphatic heterocycles. The molecule has 5 nitrogen and oxygen atoms in total. The Labute approximate surface area is 123 Å². The monoisotopic (exact) mass is 308 g/mol. The first-order valence-corrected chi connectivity index (χ1v) is 6.13. The lowest BCUT2D eigenvalue weighted by molar-refractivity contribution is -0.384. The van der Waals surface area contributed by atoms with Crippen LogP contribution in [0.1, 0.15) is 31.9 Å². The van der Waals surface area contributed by atoms with Crippen LogP contribution in [-0.4, -0.2) is 16.1 Å². The second-order valence-corrected chi connectivity index (χ2v) is 4.78. The van der Waals surface area contributed by atoms with Gasteiger partial charge in [0.05, 0.1) is 17.1 Å². The van der Waals surface area contributed by atoms with Gasteiger partial charge in [-0.15, -0.1) is 12.4 Å². The number of benzene rings is 1. The van der Waals surface area contributed by atoms with E-state index in [2.05, 4.69) is 0 Å². The predicted molar refractivity (Wildman–Crippen MR) is 77.7 cm³/mol. The SMILES string of the molecule is CCC(C)[C@H](O)[C@H](N)c1ccc(Cl)c([N+](=O)[O-])c1.Cl. The summed E-state index contributed by atoms with van der Waals surface area (Å²) in [6.45, 7) is 3.83. The first-order chi connectivity index (χ1) is 8.38. The van der Waals surface area contributed by atoms with Gasteiger partial charge in [0.25, 0.3) is 5.69 Å². The van der Waals surface area contributed by atoms with Crippen LogP contribution < -0.4 is 5.73 Å². The Kier molecular flexibility index (Phi) is 7.29. The lowest BCUT2D eigenvalue weighted by Crippen LogP contribution is -2.31. The quantitative estimate of drug-likeness (QED) is 0.646. The van der Waals surface area contributed by atoms with E-state index in [-0.39, 0.29) is 29.0 Å². The van der Waals surface area contributed by atoms with Crippen molar-refractivity contribution in [1.82, 2.24) is 0 Å². The summed E-state index contributed by atoms with van der Waals surface area (Å²) in [5.74, 6) is 0.0229. The van der Waals surface area contributed by atoms with Gasteiger partial charge in [0.2, 0.25) is 0 Å². The lowest BCUT2D eigenvalue weighted by Gasteiger charge is -2.24. The third-order valence-electron chi connectivity index (χ3n) is 3.15. The molecule has 0 aliphatic rings. The second-order valence-electron chi connectivity index (χ2n) is 4.37. The van der Waals surface area contributed by atoms with Crippen molar-refractivity contribution in [2.45, 2.75) is 32.4 Å². The van der Waals surface area contributed by atoms with E-state index in [0.717, 1.165) is 6.42 Å². The minimum atomic E-state index is -0.740. The summed E-state index contributed by atoms with van der Waals surface area (Å²) in [7, 11) is 0. The fraction of sp³-hybridized carbons (Fsp3) is 0.500. The molecule has 0 heterocycles. The van der Waals surface area contributed by atoms with Gasteiger partial charge in [-0.1, -0.05) is 37.9 Å². The number of aliphatic hydroxyl groups is 1. The Hall–Kier alpha value is -0.880. The first kappa shape index (κ1) is 18.1. The molecule has 1 aromatic rings. The normalized spacial score (nSPS) is 15.2. The zero-order chi connectivity index (χ0) is 13.9. The fourth-order valence-electron chi connectivity index (χ4n) is 1.67. The van der Waals surface area contributed by atoms with Gasteiger partial charge in [0, 0.05) is 6.07 Å². The van der Waals surface area contributed by atoms with Crippen LogP contribution in [0, 0.1) is 16.0 Å². The second kappa shape index (κ2) is 7.65. The van der Waals surface area contributed by atoms with E-state index >= 15 is 0 Å². The Morgan fingerprint density at radius 1 is 1.53 bits per heavy atom. The van der Waals surface area contributed by atoms with E-state index in [9.17, 15) is 15.2 Å². The average Bonchev–Trinajstić information content (AvgIpc) is 2.36. The predicted octanol–water partition coefficient (Wildman–Crippen LogP) is 3.08. The Balaban J connectivity index is 0.00000324. The fourth-order valence-corrected chi connectivity index (χ4v) is 1.86. The lowest BCUT2D eigenvalue weighted by atomic mass is 9.91. The first-order valence-electron chi connectivity index (χ1n) is 5.76. The van der Waals surface area contributed by atoms with Crippen molar-refractivity contribution in [3.63, 3.8) is 0 Å². The molecule has 1 unspecified atom stereocenters. The zero-order valence-electron chi connectivity index (χ0n) is 10.7. The minimum absolute atomic E-state index is 0. The molecule has 1 rings (SSSR count). The number of halogens is 2. The van der Waals surface area contributed by atoms with Gasteiger partial charge in [-0.05, 0) is 17.5 Å². The smallest absolute Gasteiger partial charge is 0.288 e. The molecule has 1 aromatic carbocycles. The van der Waals surface area contributed by atoms with E-state index < -0.39 is 17.1 Å². The van der Waals surface area contributed by atoms with Gasteiger partial charge in [-0.2, -0.15) is 0 Å². The molecular formula is C12H18Cl2N2O3. The van der Waals surface area contributed by atoms with Gasteiger partial charge in [0.15, 0.2) is 0 Å². The molecule has 0 amide bonds. The maximum Gasteiger partial charge on any atom is 0.288 e. The van der Waals surface area contributed by atoms with E-state index in [0.29, 0.717) is 5.56 Å². The number of rotatable bonds is 5. The number of hydrogen-bond acceptors (Lipinski definition) is 4. The molecule has 3 N–H and O–H groups in total. The third kappa shape index (κ3) is 4.31. The molecule has 7 heteroatoms. The van der Waals surface area contributed by atoms with Gasteiger partial charge < -0.3 is 10.8 Å². The van der Waals surface area contributed by atoms with Crippen molar-refractivity contribution in [2.24, 2.45) is 11.7 Å². The maximum absolute atomic E-state index is 10.8. The summed E-state index contributed by atoms with van der Waals surface area (Å²) < 4.78 is 0. The summed E-state index contributed by atoms with van der Waals surface area (Å²) in [5.41, 5.74) is 6.24. The summed E-state index contributed by atoms with van der Waals surface area (Å²) >= 11 is 5.72. The molecule has 19 heavy (non-hydrogen) atoms. The third-order valence-corrected chi connectivity index (χ3v) is 3.47. The van der Waals surface area contributed by atoms with Crippen LogP contribution in [-0.2, 0) is 0 Å². The van der Waals surface area contributed by atoms with Gasteiger partial charge >= 0.3 is 0 Å². The molecule has 0 bridgehead atoms. The van der Waals surface area contributed by atoms with E-state index in [1.807, 2.05) is 13.8 Å². The minimum Gasteiger partial charge on any atom is -0.391 e. The summed E-state index contributed by atoms with van der Waals surface area (Å²) in [4.78, 5) is 10.2. The summed E-state index contributed by atoms with van der Waals surface area (Å²) in [6, 6.07) is 3.69. The highest BCUT2D eigenvalue weighted by Gasteiger charge is 2.24. The summed E-state index contributed by atoms with van der Waals surface area (Å²) in [5, 5.41) is 20.8. The number of nitro benzene ring substituents is 1. The number of hydrogen-bond donors (Lipinski definition) is 2. The molecule has 0 aliphatic carbocycles. The Bertz CT molecular complexity index is 443. The highest BCUT2D eigenvalue weighted by molar-refractivity contribution is 6.32. The topological polar surface area (TPSA) is 89.4 Å². The zero-order valence-corrected chi connectivity index (χ0v) is 12.3. The molecule has 0 radical (unpaired) electrons. The van der Waals surface area contributed by atoms with E-state index in [4.69, 9.17) is 17.3 Å². The molecule has 0 spiro atoms. The molecule has 0 fully saturated rings. The molecular weight excluding hydrogens is 291 g/mol. The van der Waals surface area contributed by atoms with Crippen LogP contribution in [0.4, 0.5) is 5.69 Å². The van der Waals surface area contributed by atoms with Crippen molar-refractivity contribution >= 4 is 29.7 Å². The highest BCUT2D eigenvalue weighted by atomic mass is 35.5. The maximum atomic E-state index is 10.8. The highest BCUT2D eigenvalue weighted by Crippen LogP contribution is 2.29. The Morgan fingerprint density at radius 3 is 2.58 bits per heavy atom. The van der Waals surface area contributed by atoms with Gasteiger partial charge in [0.1, 0.15) is 5.02 Å². The number of nitrogens with zero attached hydrogens (tertiary/aromatic N) is 1. The molecule has 3 atom stereocenters. The van der Waals surface area contributed by atoms with Crippen LogP contribution in [0.2, 0.25) is 5.02 Å². The van der Waals surface area contributed by atoms with E-state index in [1.165, 1.54) is 12.1 Å². The molecule has 0 saturated carbocycles. The van der Waals surface area contributed by atoms with Crippen molar-refractivity contribution in [2.75, 3.05) is 0 Å². The van der Waals surface area contributed by atoms with Crippen LogP contribution >= 0.6 is 24.0 Å². The largest absolute Gasteiger partial charge is 0.391 e. The van der Waals surface area contributed by atoms with Crippen LogP contribution in [0.15, 0.2) is 18.2 Å². The van der Waals surface area contributed by atoms with E-state index in [1.54, 1.807) is 6.07 Å². The number of aliphatic hydroxyl groups excluding tert-OH is 1. The molecule has 108 valence electrons. The van der Waals surface area contributed by atoms with Crippen molar-refractivity contribution in [3.05, 3.63) is 38.9 Å². The van der Waals surface area contributed by atoms with Crippen LogP contribution in [0.5, 0.6) is 0 Å². The summed E-state index contributed by atoms with van der Waals surface area (Å²) in [6.07, 6.45) is 0.0423. The Morgan fingerprint density at radius 2 is 2.11 bits per heavy atom. The van der Waals surface area contributed by atoms with Crippen molar-refractivity contribution < 1.29 is 10.0 Å². The molecule has 0 aromatic heterocycles. The van der Waals surface area contributed by atoms with Crippen LogP contribution in [0.3, 0.4) is 0 Å². The molecule has 0 saturated heterocycles.